The molecule has 0 aromatic rings. The Morgan fingerprint density at radius 1 is 1.56 bits per heavy atom. The van der Waals surface area contributed by atoms with Gasteiger partial charge in [-0.05, 0) is 0 Å². The van der Waals surface area contributed by atoms with Crippen LogP contribution in [0.2, 0.25) is 0 Å². The lowest BCUT2D eigenvalue weighted by Crippen LogP contribution is -2.32. The fourth-order valence-electron chi connectivity index (χ4n) is 1.09. The van der Waals surface area contributed by atoms with Gasteiger partial charge in [0.05, 0.1) is 6.67 Å². The number of hydrogen-bond acceptors (Lipinski definition) is 3. The third-order valence-electron chi connectivity index (χ3n) is 1.72. The second kappa shape index (κ2) is 2.60. The third-order valence-corrected chi connectivity index (χ3v) is 1.72. The van der Waals surface area contributed by atoms with Crippen molar-refractivity contribution in [1.29, 1.82) is 0 Å². The largest absolute Gasteiger partial charge is 0.326 e. The van der Waals surface area contributed by atoms with Gasteiger partial charge in [0.1, 0.15) is 0 Å². The molecule has 2 unspecified atom stereocenters. The number of hydrazine groups is 1. The molecule has 0 saturated carbocycles. The molecule has 0 aliphatic carbocycles. The molecule has 1 saturated heterocycles. The lowest BCUT2D eigenvalue weighted by molar-refractivity contribution is 0.310. The molecule has 1 rings (SSSR count). The summed E-state index contributed by atoms with van der Waals surface area (Å²) in [7, 11) is 0. The molecule has 1 heterocycles. The Balaban J connectivity index is 2.38. The Bertz CT molecular complexity index is 98.2. The monoisotopic (exact) mass is 133 g/mol. The molecule has 4 N–H and O–H groups in total. The Hall–Kier alpha value is -0.190. The van der Waals surface area contributed by atoms with Crippen molar-refractivity contribution in [3.63, 3.8) is 0 Å². The van der Waals surface area contributed by atoms with Crippen molar-refractivity contribution in [2.24, 2.45) is 17.5 Å². The van der Waals surface area contributed by atoms with Gasteiger partial charge in [-0.2, -0.15) is 0 Å². The summed E-state index contributed by atoms with van der Waals surface area (Å²) in [6, 6.07) is -0.0694. The van der Waals surface area contributed by atoms with E-state index in [4.69, 9.17) is 11.6 Å². The molecule has 2 atom stereocenters. The predicted molar refractivity (Wildman–Crippen MR) is 33.2 cm³/mol. The number of hydrogen-bond donors (Lipinski definition) is 2. The molecular weight excluding hydrogens is 121 g/mol. The third kappa shape index (κ3) is 1.38. The molecule has 0 aromatic carbocycles. The second-order valence-electron chi connectivity index (χ2n) is 2.53. The second-order valence-corrected chi connectivity index (χ2v) is 2.53. The van der Waals surface area contributed by atoms with Gasteiger partial charge in [0.2, 0.25) is 0 Å². The number of nitrogens with two attached hydrogens (primary N) is 2. The molecule has 0 bridgehead atoms. The van der Waals surface area contributed by atoms with Crippen molar-refractivity contribution in [2.45, 2.75) is 6.04 Å². The quantitative estimate of drug-likeness (QED) is 0.455. The van der Waals surface area contributed by atoms with Gasteiger partial charge in [-0.15, -0.1) is 0 Å². The van der Waals surface area contributed by atoms with Crippen LogP contribution in [0.5, 0.6) is 0 Å². The van der Waals surface area contributed by atoms with E-state index in [2.05, 4.69) is 0 Å². The highest BCUT2D eigenvalue weighted by Crippen LogP contribution is 2.11. The highest BCUT2D eigenvalue weighted by Gasteiger charge is 2.27. The first-order chi connectivity index (χ1) is 4.24. The minimum absolute atomic E-state index is 0.0463. The van der Waals surface area contributed by atoms with Gasteiger partial charge >= 0.3 is 0 Å². The summed E-state index contributed by atoms with van der Waals surface area (Å²) < 4.78 is 12.0. The van der Waals surface area contributed by atoms with E-state index in [1.807, 2.05) is 0 Å². The average molecular weight is 133 g/mol. The Morgan fingerprint density at radius 3 is 2.44 bits per heavy atom. The minimum atomic E-state index is -0.352. The first-order valence-corrected chi connectivity index (χ1v) is 3.05. The summed E-state index contributed by atoms with van der Waals surface area (Å²) in [6.07, 6.45) is 0. The van der Waals surface area contributed by atoms with Gasteiger partial charge in [0, 0.05) is 25.0 Å². The molecule has 54 valence electrons. The summed E-state index contributed by atoms with van der Waals surface area (Å²) in [4.78, 5) is 0. The van der Waals surface area contributed by atoms with Gasteiger partial charge in [0.25, 0.3) is 0 Å². The van der Waals surface area contributed by atoms with Crippen LogP contribution in [-0.2, 0) is 0 Å². The molecule has 0 radical (unpaired) electrons. The van der Waals surface area contributed by atoms with Crippen molar-refractivity contribution in [3.8, 4) is 0 Å². The van der Waals surface area contributed by atoms with Crippen molar-refractivity contribution in [3.05, 3.63) is 0 Å². The Kier molecular flexibility index (Phi) is 2.00. The van der Waals surface area contributed by atoms with Crippen LogP contribution in [0.1, 0.15) is 0 Å². The van der Waals surface area contributed by atoms with E-state index >= 15 is 0 Å². The summed E-state index contributed by atoms with van der Waals surface area (Å²) in [5.41, 5.74) is 5.52. The maximum Gasteiger partial charge on any atom is 0.0950 e. The molecule has 1 aliphatic heterocycles. The Morgan fingerprint density at radius 2 is 2.22 bits per heavy atom. The van der Waals surface area contributed by atoms with E-state index in [1.165, 1.54) is 0 Å². The molecule has 9 heavy (non-hydrogen) atoms. The summed E-state index contributed by atoms with van der Waals surface area (Å²) >= 11 is 0. The smallest absolute Gasteiger partial charge is 0.0950 e. The zero-order valence-electron chi connectivity index (χ0n) is 5.26. The highest BCUT2D eigenvalue weighted by molar-refractivity contribution is 4.83. The summed E-state index contributed by atoms with van der Waals surface area (Å²) in [5.74, 6) is 5.33. The van der Waals surface area contributed by atoms with Crippen LogP contribution in [0.4, 0.5) is 4.39 Å². The fraction of sp³-hybridized carbons (Fsp3) is 1.00. The van der Waals surface area contributed by atoms with Gasteiger partial charge in [0.15, 0.2) is 0 Å². The van der Waals surface area contributed by atoms with E-state index in [1.54, 1.807) is 5.01 Å². The van der Waals surface area contributed by atoms with Gasteiger partial charge in [-0.1, -0.05) is 0 Å². The van der Waals surface area contributed by atoms with Crippen LogP contribution in [0.15, 0.2) is 0 Å². The molecule has 0 amide bonds. The minimum Gasteiger partial charge on any atom is -0.326 e. The van der Waals surface area contributed by atoms with Crippen LogP contribution < -0.4 is 11.6 Å². The molecule has 0 spiro atoms. The fourth-order valence-corrected chi connectivity index (χ4v) is 1.09. The predicted octanol–water partition coefficient (Wildman–Crippen LogP) is -0.911. The molecule has 1 fully saturated rings. The molecule has 4 heteroatoms. The van der Waals surface area contributed by atoms with Crippen LogP contribution in [0, 0.1) is 5.92 Å². The van der Waals surface area contributed by atoms with Gasteiger partial charge < -0.3 is 5.73 Å². The van der Waals surface area contributed by atoms with E-state index in [-0.39, 0.29) is 18.6 Å². The lowest BCUT2D eigenvalue weighted by atomic mass is 10.1. The zero-order valence-corrected chi connectivity index (χ0v) is 5.26. The molecule has 0 aromatic heterocycles. The Labute approximate surface area is 53.8 Å². The molecule has 3 nitrogen and oxygen atoms in total. The van der Waals surface area contributed by atoms with E-state index in [0.29, 0.717) is 13.1 Å². The topological polar surface area (TPSA) is 55.3 Å². The first kappa shape index (κ1) is 6.92. The van der Waals surface area contributed by atoms with Gasteiger partial charge in [-0.25, -0.2) is 5.01 Å². The number of nitrogens with zero attached hydrogens (tertiary/aromatic N) is 1. The summed E-state index contributed by atoms with van der Waals surface area (Å²) in [5, 5.41) is 1.56. The van der Waals surface area contributed by atoms with Crippen molar-refractivity contribution < 1.29 is 4.39 Å². The van der Waals surface area contributed by atoms with Crippen molar-refractivity contribution in [1.82, 2.24) is 5.01 Å². The lowest BCUT2D eigenvalue weighted by Gasteiger charge is -2.06. The molecule has 1 aliphatic rings. The standard InChI is InChI=1S/C5H12FN3/c6-1-4-2-9(8)3-5(4)7/h4-5H,1-3,7-8H2. The normalized spacial score (nSPS) is 37.7. The maximum absolute atomic E-state index is 12.0. The van der Waals surface area contributed by atoms with Crippen molar-refractivity contribution >= 4 is 0 Å². The number of alkyl halides is 1. The van der Waals surface area contributed by atoms with Gasteiger partial charge in [-0.3, -0.25) is 10.2 Å². The summed E-state index contributed by atoms with van der Waals surface area (Å²) in [6.45, 7) is 0.862. The van der Waals surface area contributed by atoms with Crippen LogP contribution in [0.3, 0.4) is 0 Å². The average Bonchev–Trinajstić information content (AvgIpc) is 2.10. The highest BCUT2D eigenvalue weighted by atomic mass is 19.1. The number of halogens is 1. The van der Waals surface area contributed by atoms with E-state index in [9.17, 15) is 4.39 Å². The van der Waals surface area contributed by atoms with Crippen LogP contribution in [0.25, 0.3) is 0 Å². The maximum atomic E-state index is 12.0. The van der Waals surface area contributed by atoms with E-state index < -0.39 is 0 Å². The molecular formula is C5H12FN3. The number of rotatable bonds is 1. The first-order valence-electron chi connectivity index (χ1n) is 3.05. The SMILES string of the molecule is NC1CN(N)CC1CF. The van der Waals surface area contributed by atoms with E-state index in [0.717, 1.165) is 0 Å². The zero-order chi connectivity index (χ0) is 6.85. The van der Waals surface area contributed by atoms with Crippen LogP contribution >= 0.6 is 0 Å². The van der Waals surface area contributed by atoms with Crippen LogP contribution in [-0.4, -0.2) is 30.8 Å². The van der Waals surface area contributed by atoms with Crippen molar-refractivity contribution in [2.75, 3.05) is 19.8 Å².